The molecule has 0 saturated carbocycles. The van der Waals surface area contributed by atoms with Crippen LogP contribution >= 0.6 is 11.6 Å². The zero-order valence-corrected chi connectivity index (χ0v) is 13.6. The molecule has 3 rings (SSSR count). The van der Waals surface area contributed by atoms with Gasteiger partial charge in [0.25, 0.3) is 5.91 Å². The number of aromatic nitrogens is 1. The van der Waals surface area contributed by atoms with E-state index in [1.165, 1.54) is 0 Å². The van der Waals surface area contributed by atoms with Crippen LogP contribution in [-0.4, -0.2) is 10.9 Å². The van der Waals surface area contributed by atoms with E-state index in [1.807, 2.05) is 48.5 Å². The average molecular weight is 338 g/mol. The Morgan fingerprint density at radius 2 is 1.75 bits per heavy atom. The highest BCUT2D eigenvalue weighted by atomic mass is 35.5. The van der Waals surface area contributed by atoms with Crippen LogP contribution in [0.25, 0.3) is 0 Å². The van der Waals surface area contributed by atoms with Gasteiger partial charge in [-0.25, -0.2) is 0 Å². The summed E-state index contributed by atoms with van der Waals surface area (Å²) in [7, 11) is 0. The third kappa shape index (κ3) is 4.12. The highest BCUT2D eigenvalue weighted by Gasteiger charge is 2.08. The lowest BCUT2D eigenvalue weighted by atomic mass is 10.2. The van der Waals surface area contributed by atoms with Crippen LogP contribution in [0.15, 0.2) is 72.9 Å². The summed E-state index contributed by atoms with van der Waals surface area (Å²) in [6.45, 7) is 0.462. The van der Waals surface area contributed by atoms with E-state index < -0.39 is 0 Å². The molecule has 0 radical (unpaired) electrons. The van der Waals surface area contributed by atoms with Gasteiger partial charge in [-0.3, -0.25) is 9.78 Å². The summed E-state index contributed by atoms with van der Waals surface area (Å²) in [6.07, 6.45) is 1.59. The summed E-state index contributed by atoms with van der Waals surface area (Å²) in [5, 5.41) is 6.67. The van der Waals surface area contributed by atoms with Crippen LogP contribution < -0.4 is 10.6 Å². The van der Waals surface area contributed by atoms with Crippen LogP contribution in [0, 0.1) is 0 Å². The molecule has 0 aliphatic carbocycles. The van der Waals surface area contributed by atoms with E-state index in [1.54, 1.807) is 24.4 Å². The summed E-state index contributed by atoms with van der Waals surface area (Å²) < 4.78 is 0. The SMILES string of the molecule is O=C(NCc1ccccc1)c1cc(Nc2ccccc2Cl)ccn1. The zero-order chi connectivity index (χ0) is 16.8. The predicted octanol–water partition coefficient (Wildman–Crippen LogP) is 4.41. The molecule has 0 aliphatic rings. The molecule has 0 fully saturated rings. The van der Waals surface area contributed by atoms with E-state index >= 15 is 0 Å². The zero-order valence-electron chi connectivity index (χ0n) is 12.9. The molecule has 1 amide bonds. The molecule has 0 bridgehead atoms. The molecule has 2 aromatic carbocycles. The first-order valence-electron chi connectivity index (χ1n) is 7.52. The first-order valence-corrected chi connectivity index (χ1v) is 7.90. The van der Waals surface area contributed by atoms with Crippen LogP contribution in [0.5, 0.6) is 0 Å². The molecule has 1 aromatic heterocycles. The fourth-order valence-electron chi connectivity index (χ4n) is 2.22. The minimum absolute atomic E-state index is 0.221. The molecule has 0 saturated heterocycles. The van der Waals surface area contributed by atoms with Crippen molar-refractivity contribution in [3.05, 3.63) is 89.2 Å². The second-order valence-electron chi connectivity index (χ2n) is 5.20. The van der Waals surface area contributed by atoms with Crippen molar-refractivity contribution in [3.8, 4) is 0 Å². The van der Waals surface area contributed by atoms with Gasteiger partial charge >= 0.3 is 0 Å². The first kappa shape index (κ1) is 16.0. The molecule has 0 unspecified atom stereocenters. The van der Waals surface area contributed by atoms with Crippen LogP contribution in [0.2, 0.25) is 5.02 Å². The summed E-state index contributed by atoms with van der Waals surface area (Å²) in [4.78, 5) is 16.4. The molecular weight excluding hydrogens is 322 g/mol. The van der Waals surface area contributed by atoms with Gasteiger partial charge in [0.2, 0.25) is 0 Å². The maximum atomic E-state index is 12.3. The number of nitrogens with one attached hydrogen (secondary N) is 2. The van der Waals surface area contributed by atoms with Gasteiger partial charge in [-0.1, -0.05) is 54.1 Å². The largest absolute Gasteiger partial charge is 0.354 e. The number of anilines is 2. The number of hydrogen-bond donors (Lipinski definition) is 2. The number of hydrogen-bond acceptors (Lipinski definition) is 3. The summed E-state index contributed by atoms with van der Waals surface area (Å²) in [5.41, 5.74) is 2.92. The van der Waals surface area contributed by atoms with Crippen molar-refractivity contribution in [2.24, 2.45) is 0 Å². The Hall–Kier alpha value is -2.85. The van der Waals surface area contributed by atoms with Crippen molar-refractivity contribution in [3.63, 3.8) is 0 Å². The lowest BCUT2D eigenvalue weighted by Crippen LogP contribution is -2.23. The molecule has 5 heteroatoms. The lowest BCUT2D eigenvalue weighted by Gasteiger charge is -2.10. The Labute approximate surface area is 145 Å². The number of carbonyl (C=O) groups is 1. The van der Waals surface area contributed by atoms with Crippen molar-refractivity contribution >= 4 is 28.9 Å². The van der Waals surface area contributed by atoms with Gasteiger partial charge in [0, 0.05) is 18.4 Å². The molecule has 4 nitrogen and oxygen atoms in total. The Morgan fingerprint density at radius 3 is 2.54 bits per heavy atom. The molecule has 2 N–H and O–H groups in total. The van der Waals surface area contributed by atoms with Gasteiger partial charge in [-0.05, 0) is 29.8 Å². The molecule has 0 atom stereocenters. The number of pyridine rings is 1. The summed E-state index contributed by atoms with van der Waals surface area (Å²) in [6, 6.07) is 20.7. The highest BCUT2D eigenvalue weighted by molar-refractivity contribution is 6.33. The molecule has 0 spiro atoms. The van der Waals surface area contributed by atoms with Crippen molar-refractivity contribution in [2.45, 2.75) is 6.54 Å². The van der Waals surface area contributed by atoms with Crippen LogP contribution in [0.3, 0.4) is 0 Å². The monoisotopic (exact) mass is 337 g/mol. The van der Waals surface area contributed by atoms with Gasteiger partial charge in [-0.15, -0.1) is 0 Å². The van der Waals surface area contributed by atoms with Gasteiger partial charge in [0.1, 0.15) is 5.69 Å². The summed E-state index contributed by atoms with van der Waals surface area (Å²) in [5.74, 6) is -0.221. The fourth-order valence-corrected chi connectivity index (χ4v) is 2.40. The number of rotatable bonds is 5. The van der Waals surface area contributed by atoms with Gasteiger partial charge in [0.15, 0.2) is 0 Å². The van der Waals surface area contributed by atoms with Crippen molar-refractivity contribution < 1.29 is 4.79 Å². The normalized spacial score (nSPS) is 10.2. The Balaban J connectivity index is 1.68. The quantitative estimate of drug-likeness (QED) is 0.725. The first-order chi connectivity index (χ1) is 11.7. The second-order valence-corrected chi connectivity index (χ2v) is 5.61. The lowest BCUT2D eigenvalue weighted by molar-refractivity contribution is 0.0946. The van der Waals surface area contributed by atoms with Crippen LogP contribution in [0.4, 0.5) is 11.4 Å². The number of nitrogens with zero attached hydrogens (tertiary/aromatic N) is 1. The van der Waals surface area contributed by atoms with Crippen molar-refractivity contribution in [2.75, 3.05) is 5.32 Å². The maximum Gasteiger partial charge on any atom is 0.270 e. The Morgan fingerprint density at radius 1 is 1.00 bits per heavy atom. The van der Waals surface area contributed by atoms with Gasteiger partial charge < -0.3 is 10.6 Å². The van der Waals surface area contributed by atoms with Gasteiger partial charge in [0.05, 0.1) is 10.7 Å². The molecule has 120 valence electrons. The number of benzene rings is 2. The number of para-hydroxylation sites is 1. The molecule has 24 heavy (non-hydrogen) atoms. The maximum absolute atomic E-state index is 12.3. The minimum atomic E-state index is -0.221. The van der Waals surface area contributed by atoms with Gasteiger partial charge in [-0.2, -0.15) is 0 Å². The third-order valence-corrected chi connectivity index (χ3v) is 3.77. The predicted molar refractivity (Wildman–Crippen MR) is 96.6 cm³/mol. The highest BCUT2D eigenvalue weighted by Crippen LogP contribution is 2.24. The minimum Gasteiger partial charge on any atom is -0.354 e. The van der Waals surface area contributed by atoms with E-state index in [0.29, 0.717) is 17.3 Å². The molecule has 0 aliphatic heterocycles. The average Bonchev–Trinajstić information content (AvgIpc) is 2.63. The topological polar surface area (TPSA) is 54.0 Å². The van der Waals surface area contributed by atoms with Crippen LogP contribution in [-0.2, 0) is 6.54 Å². The second kappa shape index (κ2) is 7.62. The van der Waals surface area contributed by atoms with E-state index in [-0.39, 0.29) is 5.91 Å². The smallest absolute Gasteiger partial charge is 0.270 e. The van der Waals surface area contributed by atoms with Crippen LogP contribution in [0.1, 0.15) is 16.1 Å². The molecule has 1 heterocycles. The standard InChI is InChI=1S/C19H16ClN3O/c20-16-8-4-5-9-17(16)23-15-10-11-21-18(12-15)19(24)22-13-14-6-2-1-3-7-14/h1-12H,13H2,(H,21,23)(H,22,24). The number of amides is 1. The fraction of sp³-hybridized carbons (Fsp3) is 0.0526. The van der Waals surface area contributed by atoms with E-state index in [2.05, 4.69) is 15.6 Å². The number of carbonyl (C=O) groups excluding carboxylic acids is 1. The van der Waals surface area contributed by atoms with Crippen molar-refractivity contribution in [1.29, 1.82) is 0 Å². The molecule has 3 aromatic rings. The van der Waals surface area contributed by atoms with E-state index in [9.17, 15) is 4.79 Å². The third-order valence-electron chi connectivity index (χ3n) is 3.44. The molecular formula is C19H16ClN3O. The Kier molecular flexibility index (Phi) is 5.08. The van der Waals surface area contributed by atoms with E-state index in [0.717, 1.165) is 16.9 Å². The van der Waals surface area contributed by atoms with Crippen molar-refractivity contribution in [1.82, 2.24) is 10.3 Å². The number of halogens is 1. The van der Waals surface area contributed by atoms with E-state index in [4.69, 9.17) is 11.6 Å². The Bertz CT molecular complexity index is 837. The summed E-state index contributed by atoms with van der Waals surface area (Å²) >= 11 is 6.14.